The van der Waals surface area contributed by atoms with Crippen LogP contribution in [0.25, 0.3) is 0 Å². The molecule has 0 aliphatic carbocycles. The van der Waals surface area contributed by atoms with Crippen molar-refractivity contribution in [2.75, 3.05) is 33.2 Å². The first-order valence-electron chi connectivity index (χ1n) is 7.79. The van der Waals surface area contributed by atoms with E-state index in [4.69, 9.17) is 0 Å². The van der Waals surface area contributed by atoms with Crippen LogP contribution in [0.15, 0.2) is 21.8 Å². The number of thiophene rings is 1. The summed E-state index contributed by atoms with van der Waals surface area (Å²) in [5.41, 5.74) is 1.39. The normalized spacial score (nSPS) is 13.8. The van der Waals surface area contributed by atoms with Crippen LogP contribution in [-0.4, -0.2) is 50.1 Å². The van der Waals surface area contributed by atoms with E-state index in [2.05, 4.69) is 65.0 Å². The molecule has 0 aliphatic heterocycles. The molecule has 4 nitrogen and oxygen atoms in total. The number of aliphatic imine (C=N–C) groups is 1. The summed E-state index contributed by atoms with van der Waals surface area (Å²) >= 11 is 1.75. The zero-order valence-corrected chi connectivity index (χ0v) is 14.8. The van der Waals surface area contributed by atoms with Crippen molar-refractivity contribution in [2.24, 2.45) is 4.99 Å². The second-order valence-corrected chi connectivity index (χ2v) is 6.34. The molecular formula is C16H30N4S. The molecule has 21 heavy (non-hydrogen) atoms. The number of nitrogens with one attached hydrogen (secondary N) is 2. The van der Waals surface area contributed by atoms with Crippen LogP contribution in [0.4, 0.5) is 0 Å². The molecular weight excluding hydrogens is 280 g/mol. The van der Waals surface area contributed by atoms with Crippen molar-refractivity contribution in [3.63, 3.8) is 0 Å². The second kappa shape index (κ2) is 9.79. The summed E-state index contributed by atoms with van der Waals surface area (Å²) < 4.78 is 0. The van der Waals surface area contributed by atoms with Gasteiger partial charge in [-0.15, -0.1) is 0 Å². The van der Waals surface area contributed by atoms with Gasteiger partial charge in [0.05, 0.1) is 0 Å². The Labute approximate surface area is 133 Å². The van der Waals surface area contributed by atoms with Crippen molar-refractivity contribution in [1.82, 2.24) is 15.5 Å². The summed E-state index contributed by atoms with van der Waals surface area (Å²) in [5, 5.41) is 11.1. The topological polar surface area (TPSA) is 39.7 Å². The fourth-order valence-electron chi connectivity index (χ4n) is 2.24. The molecule has 1 rings (SSSR count). The highest BCUT2D eigenvalue weighted by atomic mass is 32.1. The van der Waals surface area contributed by atoms with E-state index in [9.17, 15) is 0 Å². The Balaban J connectivity index is 2.29. The highest BCUT2D eigenvalue weighted by Gasteiger charge is 2.08. The van der Waals surface area contributed by atoms with Crippen LogP contribution in [0.3, 0.4) is 0 Å². The van der Waals surface area contributed by atoms with Gasteiger partial charge in [0.2, 0.25) is 0 Å². The van der Waals surface area contributed by atoms with E-state index >= 15 is 0 Å². The first-order chi connectivity index (χ1) is 10.1. The van der Waals surface area contributed by atoms with Gasteiger partial charge in [-0.3, -0.25) is 9.89 Å². The molecule has 0 saturated heterocycles. The summed E-state index contributed by atoms with van der Waals surface area (Å²) in [7, 11) is 1.82. The summed E-state index contributed by atoms with van der Waals surface area (Å²) in [5.74, 6) is 1.38. The van der Waals surface area contributed by atoms with E-state index in [1.165, 1.54) is 5.56 Å². The number of rotatable bonds is 8. The van der Waals surface area contributed by atoms with Gasteiger partial charge in [0.1, 0.15) is 0 Å². The van der Waals surface area contributed by atoms with Crippen molar-refractivity contribution < 1.29 is 0 Å². The summed E-state index contributed by atoms with van der Waals surface area (Å²) in [6.45, 7) is 12.8. The average molecular weight is 311 g/mol. The molecule has 2 N–H and O–H groups in total. The molecule has 1 aromatic heterocycles. The molecule has 1 heterocycles. The first kappa shape index (κ1) is 18.0. The molecule has 0 aliphatic rings. The van der Waals surface area contributed by atoms with Gasteiger partial charge in [0.15, 0.2) is 5.96 Å². The molecule has 0 saturated carbocycles. The molecule has 0 fully saturated rings. The third-order valence-corrected chi connectivity index (χ3v) is 4.44. The van der Waals surface area contributed by atoms with Crippen molar-refractivity contribution in [3.8, 4) is 0 Å². The fraction of sp³-hybridized carbons (Fsp3) is 0.688. The lowest BCUT2D eigenvalue weighted by Gasteiger charge is -2.25. The van der Waals surface area contributed by atoms with Crippen LogP contribution >= 0.6 is 11.3 Å². The van der Waals surface area contributed by atoms with E-state index in [1.54, 1.807) is 11.3 Å². The Morgan fingerprint density at radius 2 is 2.10 bits per heavy atom. The lowest BCUT2D eigenvalue weighted by molar-refractivity contribution is 0.237. The third kappa shape index (κ3) is 6.48. The van der Waals surface area contributed by atoms with Crippen LogP contribution in [0, 0.1) is 0 Å². The number of guanidine groups is 1. The Morgan fingerprint density at radius 1 is 1.33 bits per heavy atom. The van der Waals surface area contributed by atoms with Crippen LogP contribution in [0.5, 0.6) is 0 Å². The predicted octanol–water partition coefficient (Wildman–Crippen LogP) is 2.75. The molecule has 0 spiro atoms. The molecule has 1 aromatic rings. The van der Waals surface area contributed by atoms with Gasteiger partial charge in [-0.1, -0.05) is 13.8 Å². The smallest absolute Gasteiger partial charge is 0.191 e. The van der Waals surface area contributed by atoms with E-state index < -0.39 is 0 Å². The van der Waals surface area contributed by atoms with Crippen molar-refractivity contribution in [1.29, 1.82) is 0 Å². The van der Waals surface area contributed by atoms with E-state index in [1.807, 2.05) is 7.05 Å². The molecule has 0 radical (unpaired) electrons. The Hall–Kier alpha value is -1.07. The summed E-state index contributed by atoms with van der Waals surface area (Å²) in [6.07, 6.45) is 0. The fourth-order valence-corrected chi connectivity index (χ4v) is 3.03. The number of likely N-dealkylation sites (N-methyl/N-ethyl adjacent to an activating group) is 1. The molecule has 0 aromatic carbocycles. The minimum Gasteiger partial charge on any atom is -0.356 e. The van der Waals surface area contributed by atoms with Gasteiger partial charge in [0, 0.05) is 32.7 Å². The van der Waals surface area contributed by atoms with Gasteiger partial charge < -0.3 is 10.6 Å². The van der Waals surface area contributed by atoms with E-state index in [-0.39, 0.29) is 0 Å². The van der Waals surface area contributed by atoms with Gasteiger partial charge >= 0.3 is 0 Å². The molecule has 1 atom stereocenters. The molecule has 120 valence electrons. The minimum atomic E-state index is 0.498. The lowest BCUT2D eigenvalue weighted by atomic mass is 10.1. The Kier molecular flexibility index (Phi) is 8.38. The largest absolute Gasteiger partial charge is 0.356 e. The van der Waals surface area contributed by atoms with E-state index in [0.29, 0.717) is 12.0 Å². The van der Waals surface area contributed by atoms with E-state index in [0.717, 1.165) is 32.1 Å². The molecule has 1 unspecified atom stereocenters. The highest BCUT2D eigenvalue weighted by molar-refractivity contribution is 7.07. The number of hydrogen-bond acceptors (Lipinski definition) is 3. The second-order valence-electron chi connectivity index (χ2n) is 5.56. The van der Waals surface area contributed by atoms with Crippen LogP contribution < -0.4 is 10.6 Å². The predicted molar refractivity (Wildman–Crippen MR) is 94.5 cm³/mol. The Bertz CT molecular complexity index is 400. The molecule has 0 bridgehead atoms. The quantitative estimate of drug-likeness (QED) is 0.573. The van der Waals surface area contributed by atoms with Crippen molar-refractivity contribution >= 4 is 17.3 Å². The molecule has 0 amide bonds. The van der Waals surface area contributed by atoms with Crippen LogP contribution in [0.1, 0.15) is 39.2 Å². The average Bonchev–Trinajstić information content (AvgIpc) is 3.00. The van der Waals surface area contributed by atoms with Crippen molar-refractivity contribution in [2.45, 2.75) is 39.7 Å². The van der Waals surface area contributed by atoms with Crippen molar-refractivity contribution in [3.05, 3.63) is 22.4 Å². The highest BCUT2D eigenvalue weighted by Crippen LogP contribution is 2.16. The SMILES string of the molecule is CCN(CCNC(=NC)NCC(C)c1ccsc1)C(C)C. The zero-order valence-electron chi connectivity index (χ0n) is 14.0. The summed E-state index contributed by atoms with van der Waals surface area (Å²) in [4.78, 5) is 6.73. The standard InChI is InChI=1S/C16H30N4S/c1-6-20(13(2)3)9-8-18-16(17-5)19-11-14(4)15-7-10-21-12-15/h7,10,12-14H,6,8-9,11H2,1-5H3,(H2,17,18,19). The number of nitrogens with zero attached hydrogens (tertiary/aromatic N) is 2. The maximum atomic E-state index is 4.29. The van der Waals surface area contributed by atoms with Crippen LogP contribution in [-0.2, 0) is 0 Å². The monoisotopic (exact) mass is 310 g/mol. The maximum Gasteiger partial charge on any atom is 0.191 e. The third-order valence-electron chi connectivity index (χ3n) is 3.74. The van der Waals surface area contributed by atoms with Gasteiger partial charge in [0.25, 0.3) is 0 Å². The maximum absolute atomic E-state index is 4.29. The first-order valence-corrected chi connectivity index (χ1v) is 8.73. The zero-order chi connectivity index (χ0) is 15.7. The number of hydrogen-bond donors (Lipinski definition) is 2. The summed E-state index contributed by atoms with van der Waals surface area (Å²) in [6, 6.07) is 2.78. The minimum absolute atomic E-state index is 0.498. The van der Waals surface area contributed by atoms with Crippen LogP contribution in [0.2, 0.25) is 0 Å². The molecule has 5 heteroatoms. The van der Waals surface area contributed by atoms with Gasteiger partial charge in [-0.2, -0.15) is 11.3 Å². The lowest BCUT2D eigenvalue weighted by Crippen LogP contribution is -2.43. The van der Waals surface area contributed by atoms with Gasteiger partial charge in [-0.25, -0.2) is 0 Å². The van der Waals surface area contributed by atoms with Gasteiger partial charge in [-0.05, 0) is 48.7 Å². The Morgan fingerprint density at radius 3 is 2.62 bits per heavy atom.